The third-order valence-corrected chi connectivity index (χ3v) is 4.98. The van der Waals surface area contributed by atoms with Gasteiger partial charge in [0, 0.05) is 19.1 Å². The topological polar surface area (TPSA) is 48.0 Å². The van der Waals surface area contributed by atoms with Crippen molar-refractivity contribution < 1.29 is 19.0 Å². The van der Waals surface area contributed by atoms with Crippen LogP contribution in [-0.2, 0) is 16.0 Å². The molecule has 1 aromatic carbocycles. The molecule has 0 amide bonds. The number of carbonyl (C=O) groups is 1. The van der Waals surface area contributed by atoms with Gasteiger partial charge in [-0.1, -0.05) is 0 Å². The monoisotopic (exact) mass is 319 g/mol. The summed E-state index contributed by atoms with van der Waals surface area (Å²) in [5, 5.41) is 0. The average molecular weight is 319 g/mol. The van der Waals surface area contributed by atoms with Crippen LogP contribution in [0.2, 0.25) is 0 Å². The SMILES string of the molecule is CCOC(=O)C1CCC2c3cc(OC)c(OC)cc3CCN2C1. The van der Waals surface area contributed by atoms with Crippen molar-refractivity contribution in [2.75, 3.05) is 33.9 Å². The molecule has 2 atom stereocenters. The molecular formula is C18H25NO4. The van der Waals surface area contributed by atoms with Gasteiger partial charge in [0.15, 0.2) is 11.5 Å². The van der Waals surface area contributed by atoms with Crippen molar-refractivity contribution in [3.63, 3.8) is 0 Å². The zero-order valence-corrected chi connectivity index (χ0v) is 14.1. The molecule has 2 aliphatic rings. The molecule has 126 valence electrons. The van der Waals surface area contributed by atoms with Crippen LogP contribution in [0.15, 0.2) is 12.1 Å². The number of hydrogen-bond donors (Lipinski definition) is 0. The van der Waals surface area contributed by atoms with Crippen LogP contribution in [0.25, 0.3) is 0 Å². The first kappa shape index (κ1) is 16.1. The fourth-order valence-corrected chi connectivity index (χ4v) is 3.82. The smallest absolute Gasteiger partial charge is 0.310 e. The standard InChI is InChI=1S/C18H25NO4/c1-4-23-18(20)13-5-6-15-14-10-17(22-3)16(21-2)9-12(14)7-8-19(15)11-13/h9-10,13,15H,4-8,11H2,1-3H3. The van der Waals surface area contributed by atoms with Gasteiger partial charge in [-0.3, -0.25) is 9.69 Å². The fourth-order valence-electron chi connectivity index (χ4n) is 3.82. The van der Waals surface area contributed by atoms with E-state index in [9.17, 15) is 4.79 Å². The van der Waals surface area contributed by atoms with Gasteiger partial charge in [-0.2, -0.15) is 0 Å². The summed E-state index contributed by atoms with van der Waals surface area (Å²) in [7, 11) is 3.34. The second kappa shape index (κ2) is 6.79. The molecule has 0 radical (unpaired) electrons. The molecule has 0 saturated carbocycles. The minimum atomic E-state index is -0.0518. The highest BCUT2D eigenvalue weighted by Gasteiger charge is 2.37. The van der Waals surface area contributed by atoms with E-state index in [4.69, 9.17) is 14.2 Å². The van der Waals surface area contributed by atoms with Crippen LogP contribution >= 0.6 is 0 Å². The quantitative estimate of drug-likeness (QED) is 0.798. The first-order valence-electron chi connectivity index (χ1n) is 8.33. The van der Waals surface area contributed by atoms with E-state index in [1.54, 1.807) is 14.2 Å². The Morgan fingerprint density at radius 1 is 1.22 bits per heavy atom. The average Bonchev–Trinajstić information content (AvgIpc) is 2.59. The third-order valence-electron chi connectivity index (χ3n) is 4.98. The Bertz CT molecular complexity index is 587. The van der Waals surface area contributed by atoms with E-state index >= 15 is 0 Å². The number of benzene rings is 1. The lowest BCUT2D eigenvalue weighted by atomic mass is 9.83. The number of esters is 1. The van der Waals surface area contributed by atoms with Crippen LogP contribution < -0.4 is 9.47 Å². The number of fused-ring (bicyclic) bond motifs is 3. The zero-order chi connectivity index (χ0) is 16.4. The van der Waals surface area contributed by atoms with Gasteiger partial charge >= 0.3 is 5.97 Å². The van der Waals surface area contributed by atoms with Gasteiger partial charge in [-0.15, -0.1) is 0 Å². The first-order valence-corrected chi connectivity index (χ1v) is 8.33. The minimum absolute atomic E-state index is 0.00731. The number of methoxy groups -OCH3 is 2. The van der Waals surface area contributed by atoms with Gasteiger partial charge in [0.1, 0.15) is 0 Å². The van der Waals surface area contributed by atoms with E-state index in [1.165, 1.54) is 11.1 Å². The molecule has 0 N–H and O–H groups in total. The van der Waals surface area contributed by atoms with Crippen molar-refractivity contribution >= 4 is 5.97 Å². The maximum Gasteiger partial charge on any atom is 0.310 e. The van der Waals surface area contributed by atoms with Gasteiger partial charge in [0.25, 0.3) is 0 Å². The molecule has 2 aliphatic heterocycles. The van der Waals surface area contributed by atoms with Crippen molar-refractivity contribution in [2.24, 2.45) is 5.92 Å². The lowest BCUT2D eigenvalue weighted by molar-refractivity contribution is -0.150. The summed E-state index contributed by atoms with van der Waals surface area (Å²) in [5.74, 6) is 1.53. The van der Waals surface area contributed by atoms with Gasteiger partial charge < -0.3 is 14.2 Å². The van der Waals surface area contributed by atoms with Crippen LogP contribution in [0.4, 0.5) is 0 Å². The predicted octanol–water partition coefficient (Wildman–Crippen LogP) is 2.58. The van der Waals surface area contributed by atoms with Crippen LogP contribution in [0.1, 0.15) is 36.9 Å². The Morgan fingerprint density at radius 3 is 2.65 bits per heavy atom. The van der Waals surface area contributed by atoms with E-state index in [0.29, 0.717) is 12.6 Å². The Balaban J connectivity index is 1.82. The number of carbonyl (C=O) groups excluding carboxylic acids is 1. The highest BCUT2D eigenvalue weighted by atomic mass is 16.5. The molecular weight excluding hydrogens is 294 g/mol. The fraction of sp³-hybridized carbons (Fsp3) is 0.611. The molecule has 1 saturated heterocycles. The van der Waals surface area contributed by atoms with Crippen molar-refractivity contribution in [1.29, 1.82) is 0 Å². The highest BCUT2D eigenvalue weighted by Crippen LogP contribution is 2.42. The molecule has 5 heteroatoms. The molecule has 2 heterocycles. The second-order valence-electron chi connectivity index (χ2n) is 6.19. The largest absolute Gasteiger partial charge is 0.493 e. The predicted molar refractivity (Wildman–Crippen MR) is 86.9 cm³/mol. The van der Waals surface area contributed by atoms with Crippen LogP contribution in [0, 0.1) is 5.92 Å². The number of hydrogen-bond acceptors (Lipinski definition) is 5. The molecule has 1 aromatic rings. The Hall–Kier alpha value is -1.75. The number of piperidine rings is 1. The van der Waals surface area contributed by atoms with Crippen LogP contribution in [0.3, 0.4) is 0 Å². The van der Waals surface area contributed by atoms with Crippen molar-refractivity contribution in [3.8, 4) is 11.5 Å². The molecule has 23 heavy (non-hydrogen) atoms. The van der Waals surface area contributed by atoms with E-state index < -0.39 is 0 Å². The van der Waals surface area contributed by atoms with Crippen LogP contribution in [0.5, 0.6) is 11.5 Å². The summed E-state index contributed by atoms with van der Waals surface area (Å²) < 4.78 is 16.1. The molecule has 0 bridgehead atoms. The van der Waals surface area contributed by atoms with E-state index in [0.717, 1.165) is 43.9 Å². The second-order valence-corrected chi connectivity index (χ2v) is 6.19. The van der Waals surface area contributed by atoms with E-state index in [1.807, 2.05) is 6.92 Å². The Labute approximate surface area is 137 Å². The molecule has 2 unspecified atom stereocenters. The molecule has 3 rings (SSSR count). The lowest BCUT2D eigenvalue weighted by Crippen LogP contribution is -2.44. The molecule has 0 aliphatic carbocycles. The minimum Gasteiger partial charge on any atom is -0.493 e. The maximum atomic E-state index is 12.0. The summed E-state index contributed by atoms with van der Waals surface area (Å²) in [6, 6.07) is 4.57. The van der Waals surface area contributed by atoms with Crippen LogP contribution in [-0.4, -0.2) is 44.8 Å². The van der Waals surface area contributed by atoms with Crippen molar-refractivity contribution in [2.45, 2.75) is 32.2 Å². The van der Waals surface area contributed by atoms with E-state index in [-0.39, 0.29) is 11.9 Å². The Morgan fingerprint density at radius 2 is 1.96 bits per heavy atom. The summed E-state index contributed by atoms with van der Waals surface area (Å²) >= 11 is 0. The summed E-state index contributed by atoms with van der Waals surface area (Å²) in [6.45, 7) is 4.08. The number of rotatable bonds is 4. The third kappa shape index (κ3) is 3.02. The maximum absolute atomic E-state index is 12.0. The normalized spacial score (nSPS) is 23.6. The molecule has 0 aromatic heterocycles. The Kier molecular flexibility index (Phi) is 4.76. The molecule has 0 spiro atoms. The lowest BCUT2D eigenvalue weighted by Gasteiger charge is -2.43. The van der Waals surface area contributed by atoms with Crippen molar-refractivity contribution in [1.82, 2.24) is 4.90 Å². The summed E-state index contributed by atoms with van der Waals surface area (Å²) in [6.07, 6.45) is 2.83. The zero-order valence-electron chi connectivity index (χ0n) is 14.1. The molecule has 5 nitrogen and oxygen atoms in total. The summed E-state index contributed by atoms with van der Waals surface area (Å²) in [4.78, 5) is 14.4. The van der Waals surface area contributed by atoms with Gasteiger partial charge in [0.05, 0.1) is 26.7 Å². The summed E-state index contributed by atoms with van der Waals surface area (Å²) in [5.41, 5.74) is 2.65. The first-order chi connectivity index (χ1) is 11.2. The van der Waals surface area contributed by atoms with Crippen molar-refractivity contribution in [3.05, 3.63) is 23.3 Å². The highest BCUT2D eigenvalue weighted by molar-refractivity contribution is 5.72. The number of ether oxygens (including phenoxy) is 3. The van der Waals surface area contributed by atoms with Gasteiger partial charge in [-0.05, 0) is 49.4 Å². The van der Waals surface area contributed by atoms with Gasteiger partial charge in [-0.25, -0.2) is 0 Å². The van der Waals surface area contributed by atoms with Gasteiger partial charge in [0.2, 0.25) is 0 Å². The number of nitrogens with zero attached hydrogens (tertiary/aromatic N) is 1. The van der Waals surface area contributed by atoms with E-state index in [2.05, 4.69) is 17.0 Å². The molecule has 1 fully saturated rings.